The van der Waals surface area contributed by atoms with Crippen molar-refractivity contribution in [2.24, 2.45) is 5.92 Å². The van der Waals surface area contributed by atoms with Crippen molar-refractivity contribution >= 4 is 18.0 Å². The summed E-state index contributed by atoms with van der Waals surface area (Å²) in [5.74, 6) is -1.67. The molecule has 1 heterocycles. The smallest absolute Gasteiger partial charge is 0.407 e. The number of carbonyl (C=O) groups excluding carboxylic acids is 2. The topological polar surface area (TPSA) is 116 Å². The Balaban J connectivity index is 1.46. The zero-order valence-electron chi connectivity index (χ0n) is 20.0. The van der Waals surface area contributed by atoms with Gasteiger partial charge < -0.3 is 25.2 Å². The molecule has 1 aliphatic carbocycles. The van der Waals surface area contributed by atoms with Crippen LogP contribution in [0, 0.1) is 5.92 Å². The first-order chi connectivity index (χ1) is 16.8. The molecule has 1 saturated heterocycles. The van der Waals surface area contributed by atoms with E-state index in [1.165, 1.54) is 0 Å². The molecule has 2 aliphatic rings. The molecule has 2 amide bonds. The molecule has 8 heteroatoms. The van der Waals surface area contributed by atoms with E-state index in [2.05, 4.69) is 17.4 Å². The fourth-order valence-corrected chi connectivity index (χ4v) is 5.06. The summed E-state index contributed by atoms with van der Waals surface area (Å²) in [4.78, 5) is 38.9. The fraction of sp³-hybridized carbons (Fsp3) is 0.444. The number of benzene rings is 2. The van der Waals surface area contributed by atoms with Crippen LogP contribution in [-0.2, 0) is 14.3 Å². The predicted octanol–water partition coefficient (Wildman–Crippen LogP) is 3.38. The van der Waals surface area contributed by atoms with Crippen molar-refractivity contribution < 1.29 is 29.3 Å². The Morgan fingerprint density at radius 3 is 2.26 bits per heavy atom. The highest BCUT2D eigenvalue weighted by Gasteiger charge is 2.42. The van der Waals surface area contributed by atoms with Gasteiger partial charge in [0.15, 0.2) is 0 Å². The van der Waals surface area contributed by atoms with Crippen molar-refractivity contribution in [2.75, 3.05) is 13.2 Å². The van der Waals surface area contributed by atoms with Crippen LogP contribution in [0.15, 0.2) is 48.5 Å². The van der Waals surface area contributed by atoms with Crippen molar-refractivity contribution in [3.63, 3.8) is 0 Å². The molecule has 4 rings (SSSR count). The number of hydrogen-bond donors (Lipinski definition) is 3. The molecule has 0 spiro atoms. The molecule has 186 valence electrons. The number of carboxylic acids is 1. The lowest BCUT2D eigenvalue weighted by Crippen LogP contribution is -2.52. The zero-order valence-corrected chi connectivity index (χ0v) is 20.0. The van der Waals surface area contributed by atoms with E-state index in [9.17, 15) is 24.6 Å². The van der Waals surface area contributed by atoms with Gasteiger partial charge in [-0.3, -0.25) is 4.79 Å². The van der Waals surface area contributed by atoms with Gasteiger partial charge in [-0.15, -0.1) is 0 Å². The molecule has 0 aromatic heterocycles. The molecular formula is C27H32N2O6. The zero-order chi connectivity index (χ0) is 25.1. The van der Waals surface area contributed by atoms with Crippen molar-refractivity contribution in [1.82, 2.24) is 10.2 Å². The van der Waals surface area contributed by atoms with Gasteiger partial charge >= 0.3 is 12.1 Å². The summed E-state index contributed by atoms with van der Waals surface area (Å²) >= 11 is 0. The minimum atomic E-state index is -1.17. The van der Waals surface area contributed by atoms with Gasteiger partial charge in [-0.2, -0.15) is 0 Å². The van der Waals surface area contributed by atoms with E-state index < -0.39 is 36.2 Å². The van der Waals surface area contributed by atoms with Crippen LogP contribution in [0.4, 0.5) is 4.79 Å². The maximum atomic E-state index is 13.3. The van der Waals surface area contributed by atoms with Crippen LogP contribution >= 0.6 is 0 Å². The summed E-state index contributed by atoms with van der Waals surface area (Å²) in [6, 6.07) is 14.0. The van der Waals surface area contributed by atoms with Gasteiger partial charge in [0.25, 0.3) is 0 Å². The fourth-order valence-electron chi connectivity index (χ4n) is 5.06. The number of rotatable bonds is 8. The molecule has 3 N–H and O–H groups in total. The lowest BCUT2D eigenvalue weighted by molar-refractivity contribution is -0.149. The van der Waals surface area contributed by atoms with E-state index in [0.717, 1.165) is 33.6 Å². The van der Waals surface area contributed by atoms with E-state index in [1.54, 1.807) is 0 Å². The monoisotopic (exact) mass is 480 g/mol. The van der Waals surface area contributed by atoms with Gasteiger partial charge in [-0.25, -0.2) is 9.59 Å². The lowest BCUT2D eigenvalue weighted by atomic mass is 9.98. The standard InChI is InChI=1S/C27H32N2O6/c1-3-16(2)12-23(25(31)29-14-17(30)13-24(29)26(32)33)28-27(34)35-15-22-20-10-6-4-8-18(20)19-9-5-7-11-21(19)22/h4-11,16-17,22-24,30H,3,12-15H2,1-2H3,(H,28,34)(H,32,33)/t16?,17-,23?,24-/m0/s1. The van der Waals surface area contributed by atoms with Gasteiger partial charge in [0.2, 0.25) is 5.91 Å². The number of aliphatic hydroxyl groups is 1. The maximum absolute atomic E-state index is 13.3. The normalized spacial score (nSPS) is 20.6. The third-order valence-electron chi connectivity index (χ3n) is 7.12. The number of carboxylic acid groups (broad SMARTS) is 1. The second-order valence-electron chi connectivity index (χ2n) is 9.51. The Morgan fingerprint density at radius 1 is 1.09 bits per heavy atom. The number of nitrogens with zero attached hydrogens (tertiary/aromatic N) is 1. The molecule has 1 aliphatic heterocycles. The third kappa shape index (κ3) is 5.17. The molecule has 0 saturated carbocycles. The Morgan fingerprint density at radius 2 is 1.69 bits per heavy atom. The van der Waals surface area contributed by atoms with Gasteiger partial charge in [0.1, 0.15) is 18.7 Å². The highest BCUT2D eigenvalue weighted by atomic mass is 16.5. The van der Waals surface area contributed by atoms with Crippen LogP contribution in [0.1, 0.15) is 50.2 Å². The number of likely N-dealkylation sites (tertiary alicyclic amines) is 1. The van der Waals surface area contributed by atoms with E-state index >= 15 is 0 Å². The van der Waals surface area contributed by atoms with Crippen LogP contribution in [0.3, 0.4) is 0 Å². The van der Waals surface area contributed by atoms with Crippen LogP contribution in [0.5, 0.6) is 0 Å². The summed E-state index contributed by atoms with van der Waals surface area (Å²) in [6.45, 7) is 4.00. The van der Waals surface area contributed by atoms with E-state index in [1.807, 2.05) is 50.2 Å². The van der Waals surface area contributed by atoms with Crippen molar-refractivity contribution in [3.05, 3.63) is 59.7 Å². The van der Waals surface area contributed by atoms with E-state index in [-0.39, 0.29) is 31.4 Å². The molecule has 1 fully saturated rings. The number of β-amino-alcohol motifs (C(OH)–C–C–N with tert-alkyl or cyclic N) is 1. The molecule has 2 unspecified atom stereocenters. The third-order valence-corrected chi connectivity index (χ3v) is 7.12. The number of nitrogens with one attached hydrogen (secondary N) is 1. The molecule has 0 bridgehead atoms. The number of carbonyl (C=O) groups is 3. The Bertz CT molecular complexity index is 1060. The first-order valence-corrected chi connectivity index (χ1v) is 12.1. The van der Waals surface area contributed by atoms with Gasteiger partial charge in [0, 0.05) is 18.9 Å². The SMILES string of the molecule is CCC(C)CC(NC(=O)OCC1c2ccccc2-c2ccccc21)C(=O)N1C[C@@H](O)C[C@H]1C(=O)O. The highest BCUT2D eigenvalue weighted by Crippen LogP contribution is 2.44. The van der Waals surface area contributed by atoms with E-state index in [4.69, 9.17) is 4.74 Å². The summed E-state index contributed by atoms with van der Waals surface area (Å²) in [5.41, 5.74) is 4.41. The van der Waals surface area contributed by atoms with Crippen LogP contribution < -0.4 is 5.32 Å². The number of ether oxygens (including phenoxy) is 1. The van der Waals surface area contributed by atoms with Crippen molar-refractivity contribution in [2.45, 2.75) is 57.2 Å². The largest absolute Gasteiger partial charge is 0.480 e. The number of fused-ring (bicyclic) bond motifs is 3. The first kappa shape index (κ1) is 24.7. The van der Waals surface area contributed by atoms with E-state index in [0.29, 0.717) is 6.42 Å². The quantitative estimate of drug-likeness (QED) is 0.534. The molecule has 35 heavy (non-hydrogen) atoms. The Kier molecular flexibility index (Phi) is 7.40. The predicted molar refractivity (Wildman–Crippen MR) is 130 cm³/mol. The number of amides is 2. The second-order valence-corrected chi connectivity index (χ2v) is 9.51. The summed E-state index contributed by atoms with van der Waals surface area (Å²) in [5, 5.41) is 22.1. The number of hydrogen-bond acceptors (Lipinski definition) is 5. The maximum Gasteiger partial charge on any atom is 0.407 e. The van der Waals surface area contributed by atoms with Crippen molar-refractivity contribution in [3.8, 4) is 11.1 Å². The first-order valence-electron chi connectivity index (χ1n) is 12.1. The Hall–Kier alpha value is -3.39. The molecule has 2 aromatic carbocycles. The minimum absolute atomic E-state index is 0.0257. The van der Waals surface area contributed by atoms with Crippen LogP contribution in [-0.4, -0.2) is 64.4 Å². The van der Waals surface area contributed by atoms with Crippen LogP contribution in [0.2, 0.25) is 0 Å². The van der Waals surface area contributed by atoms with Gasteiger partial charge in [-0.1, -0.05) is 68.8 Å². The molecule has 8 nitrogen and oxygen atoms in total. The summed E-state index contributed by atoms with van der Waals surface area (Å²) in [7, 11) is 0. The summed E-state index contributed by atoms with van der Waals surface area (Å²) < 4.78 is 5.61. The minimum Gasteiger partial charge on any atom is -0.480 e. The number of alkyl carbamates (subject to hydrolysis) is 1. The van der Waals surface area contributed by atoms with Gasteiger partial charge in [0.05, 0.1) is 6.10 Å². The Labute approximate surface area is 204 Å². The molecule has 2 aromatic rings. The second kappa shape index (κ2) is 10.5. The lowest BCUT2D eigenvalue weighted by Gasteiger charge is -2.28. The molecule has 4 atom stereocenters. The number of aliphatic carboxylic acids is 1. The average Bonchev–Trinajstić information content (AvgIpc) is 3.40. The summed E-state index contributed by atoms with van der Waals surface area (Å²) in [6.07, 6.45) is -0.513. The molecule has 0 radical (unpaired) electrons. The average molecular weight is 481 g/mol. The number of aliphatic hydroxyl groups excluding tert-OH is 1. The van der Waals surface area contributed by atoms with Crippen molar-refractivity contribution in [1.29, 1.82) is 0 Å². The van der Waals surface area contributed by atoms with Crippen LogP contribution in [0.25, 0.3) is 11.1 Å². The molecular weight excluding hydrogens is 448 g/mol. The van der Waals surface area contributed by atoms with Gasteiger partial charge in [-0.05, 0) is 34.6 Å². The highest BCUT2D eigenvalue weighted by molar-refractivity contribution is 5.90.